The fourth-order valence-electron chi connectivity index (χ4n) is 2.00. The van der Waals surface area contributed by atoms with E-state index >= 15 is 0 Å². The maximum Gasteiger partial charge on any atom is 0.235 e. The third-order valence-electron chi connectivity index (χ3n) is 3.03. The number of para-hydroxylation sites is 1. The second kappa shape index (κ2) is 5.05. The van der Waals surface area contributed by atoms with Gasteiger partial charge in [0.1, 0.15) is 5.58 Å². The smallest absolute Gasteiger partial charge is 0.235 e. The molecule has 0 amide bonds. The fraction of sp³-hybridized carbons (Fsp3) is 0. The summed E-state index contributed by atoms with van der Waals surface area (Å²) in [5.74, 6) is -0.201. The molecule has 0 unspecified atom stereocenters. The average molecular weight is 264 g/mol. The van der Waals surface area contributed by atoms with Crippen LogP contribution in [0.4, 0.5) is 0 Å². The molecule has 3 rings (SSSR count). The van der Waals surface area contributed by atoms with E-state index in [0.29, 0.717) is 11.0 Å². The van der Waals surface area contributed by atoms with E-state index in [0.717, 1.165) is 5.56 Å². The molecule has 0 spiro atoms. The number of fused-ring (bicyclic) bond motifs is 1. The predicted octanol–water partition coefficient (Wildman–Crippen LogP) is 3.67. The van der Waals surface area contributed by atoms with Crippen molar-refractivity contribution in [2.75, 3.05) is 0 Å². The maximum absolute atomic E-state index is 12.0. The van der Waals surface area contributed by atoms with E-state index in [1.165, 1.54) is 0 Å². The van der Waals surface area contributed by atoms with Crippen LogP contribution in [0.2, 0.25) is 0 Å². The van der Waals surface area contributed by atoms with Crippen LogP contribution >= 0.6 is 0 Å². The molecule has 3 heteroatoms. The summed E-state index contributed by atoms with van der Waals surface area (Å²) >= 11 is 0. The number of rotatable bonds is 2. The standard InChI is InChI=1S/C17H12O3/c18-16-13-8-4-5-9-14(13)20-15(17(16)19)11-10-12-6-2-1-3-7-12/h1-11,19H/b11-10+. The second-order valence-corrected chi connectivity index (χ2v) is 4.38. The Labute approximate surface area is 115 Å². The molecule has 0 fully saturated rings. The van der Waals surface area contributed by atoms with Gasteiger partial charge in [0.15, 0.2) is 5.76 Å². The molecule has 1 aromatic heterocycles. The highest BCUT2D eigenvalue weighted by molar-refractivity contribution is 5.80. The van der Waals surface area contributed by atoms with E-state index in [-0.39, 0.29) is 11.5 Å². The van der Waals surface area contributed by atoms with Crippen LogP contribution in [0.25, 0.3) is 23.1 Å². The van der Waals surface area contributed by atoms with Crippen molar-refractivity contribution in [3.8, 4) is 5.75 Å². The topological polar surface area (TPSA) is 50.4 Å². The van der Waals surface area contributed by atoms with E-state index in [1.807, 2.05) is 30.3 Å². The summed E-state index contributed by atoms with van der Waals surface area (Å²) in [5.41, 5.74) is 1.00. The van der Waals surface area contributed by atoms with Crippen LogP contribution in [-0.2, 0) is 0 Å². The van der Waals surface area contributed by atoms with Crippen molar-refractivity contribution in [1.29, 1.82) is 0 Å². The fourth-order valence-corrected chi connectivity index (χ4v) is 2.00. The zero-order valence-electron chi connectivity index (χ0n) is 10.6. The molecule has 0 saturated heterocycles. The minimum absolute atomic E-state index is 0.164. The molecule has 2 aromatic carbocycles. The largest absolute Gasteiger partial charge is 0.502 e. The first-order valence-corrected chi connectivity index (χ1v) is 6.23. The van der Waals surface area contributed by atoms with Gasteiger partial charge in [-0.1, -0.05) is 48.5 Å². The van der Waals surface area contributed by atoms with Crippen molar-refractivity contribution in [3.63, 3.8) is 0 Å². The summed E-state index contributed by atoms with van der Waals surface area (Å²) in [5, 5.41) is 10.3. The van der Waals surface area contributed by atoms with Gasteiger partial charge in [-0.3, -0.25) is 4.79 Å². The quantitative estimate of drug-likeness (QED) is 0.768. The first-order valence-electron chi connectivity index (χ1n) is 6.23. The summed E-state index contributed by atoms with van der Waals surface area (Å²) in [6, 6.07) is 16.4. The Morgan fingerprint density at radius 3 is 2.40 bits per heavy atom. The van der Waals surface area contributed by atoms with Gasteiger partial charge in [0.25, 0.3) is 0 Å². The van der Waals surface area contributed by atoms with Gasteiger partial charge in [0.2, 0.25) is 11.2 Å². The van der Waals surface area contributed by atoms with Crippen molar-refractivity contribution < 1.29 is 9.52 Å². The molecule has 3 nitrogen and oxygen atoms in total. The molecule has 0 bridgehead atoms. The number of aromatic hydroxyl groups is 1. The van der Waals surface area contributed by atoms with E-state index in [4.69, 9.17) is 4.42 Å². The number of hydrogen-bond donors (Lipinski definition) is 1. The SMILES string of the molecule is O=c1c(O)c(/C=C/c2ccccc2)oc2ccccc12. The molecule has 0 aliphatic rings. The molecule has 0 atom stereocenters. The highest BCUT2D eigenvalue weighted by Crippen LogP contribution is 2.21. The summed E-state index contributed by atoms with van der Waals surface area (Å²) < 4.78 is 5.56. The molecule has 0 saturated carbocycles. The molecule has 3 aromatic rings. The first kappa shape index (κ1) is 12.2. The lowest BCUT2D eigenvalue weighted by molar-refractivity contribution is 0.438. The van der Waals surface area contributed by atoms with Gasteiger partial charge in [-0.15, -0.1) is 0 Å². The van der Waals surface area contributed by atoms with Crippen molar-refractivity contribution in [2.45, 2.75) is 0 Å². The number of benzene rings is 2. The molecule has 20 heavy (non-hydrogen) atoms. The van der Waals surface area contributed by atoms with Crippen LogP contribution in [0.1, 0.15) is 11.3 Å². The van der Waals surface area contributed by atoms with Crippen LogP contribution in [-0.4, -0.2) is 5.11 Å². The summed E-state index contributed by atoms with van der Waals surface area (Å²) in [6.45, 7) is 0. The van der Waals surface area contributed by atoms with Gasteiger partial charge in [-0.25, -0.2) is 0 Å². The van der Waals surface area contributed by atoms with Crippen LogP contribution in [0.5, 0.6) is 5.75 Å². The average Bonchev–Trinajstić information content (AvgIpc) is 2.50. The molecule has 98 valence electrons. The first-order chi connectivity index (χ1) is 9.75. The monoisotopic (exact) mass is 264 g/mol. The Morgan fingerprint density at radius 1 is 0.900 bits per heavy atom. The Morgan fingerprint density at radius 2 is 1.60 bits per heavy atom. The number of hydrogen-bond acceptors (Lipinski definition) is 3. The van der Waals surface area contributed by atoms with Gasteiger partial charge in [0.05, 0.1) is 5.39 Å². The van der Waals surface area contributed by atoms with Crippen LogP contribution in [0.15, 0.2) is 63.8 Å². The van der Waals surface area contributed by atoms with E-state index in [9.17, 15) is 9.90 Å². The van der Waals surface area contributed by atoms with Crippen molar-refractivity contribution in [2.24, 2.45) is 0 Å². The molecule has 0 aliphatic carbocycles. The minimum atomic E-state index is -0.417. The lowest BCUT2D eigenvalue weighted by atomic mass is 10.1. The predicted molar refractivity (Wildman–Crippen MR) is 79.5 cm³/mol. The molecular formula is C17H12O3. The Balaban J connectivity index is 2.11. The summed E-state index contributed by atoms with van der Waals surface area (Å²) in [6.07, 6.45) is 3.38. The third kappa shape index (κ3) is 2.21. The van der Waals surface area contributed by atoms with E-state index in [2.05, 4.69) is 0 Å². The van der Waals surface area contributed by atoms with Gasteiger partial charge < -0.3 is 9.52 Å². The summed E-state index contributed by atoms with van der Waals surface area (Å²) in [7, 11) is 0. The van der Waals surface area contributed by atoms with Crippen LogP contribution in [0.3, 0.4) is 0 Å². The Kier molecular flexibility index (Phi) is 3.09. The Hall–Kier alpha value is -2.81. The molecular weight excluding hydrogens is 252 g/mol. The van der Waals surface area contributed by atoms with Crippen LogP contribution < -0.4 is 5.43 Å². The normalized spacial score (nSPS) is 11.2. The van der Waals surface area contributed by atoms with E-state index < -0.39 is 5.43 Å². The zero-order valence-corrected chi connectivity index (χ0v) is 10.6. The third-order valence-corrected chi connectivity index (χ3v) is 3.03. The van der Waals surface area contributed by atoms with Crippen molar-refractivity contribution >= 4 is 23.1 Å². The minimum Gasteiger partial charge on any atom is -0.502 e. The highest BCUT2D eigenvalue weighted by atomic mass is 16.4. The molecule has 1 heterocycles. The van der Waals surface area contributed by atoms with Gasteiger partial charge in [0, 0.05) is 0 Å². The van der Waals surface area contributed by atoms with Crippen molar-refractivity contribution in [3.05, 3.63) is 76.1 Å². The van der Waals surface area contributed by atoms with Gasteiger partial charge in [-0.2, -0.15) is 0 Å². The van der Waals surface area contributed by atoms with E-state index in [1.54, 1.807) is 36.4 Å². The summed E-state index contributed by atoms with van der Waals surface area (Å²) in [4.78, 5) is 12.0. The lowest BCUT2D eigenvalue weighted by Gasteiger charge is -2.01. The lowest BCUT2D eigenvalue weighted by Crippen LogP contribution is -2.02. The highest BCUT2D eigenvalue weighted by Gasteiger charge is 2.10. The maximum atomic E-state index is 12.0. The van der Waals surface area contributed by atoms with Crippen molar-refractivity contribution in [1.82, 2.24) is 0 Å². The molecule has 1 N–H and O–H groups in total. The molecule has 0 aliphatic heterocycles. The van der Waals surface area contributed by atoms with Gasteiger partial charge in [-0.05, 0) is 23.8 Å². The molecule has 0 radical (unpaired) electrons. The zero-order chi connectivity index (χ0) is 13.9. The van der Waals surface area contributed by atoms with Gasteiger partial charge >= 0.3 is 0 Å². The second-order valence-electron chi connectivity index (χ2n) is 4.38. The Bertz CT molecular complexity index is 830. The van der Waals surface area contributed by atoms with Crippen LogP contribution in [0, 0.1) is 0 Å².